The van der Waals surface area contributed by atoms with Crippen molar-refractivity contribution >= 4 is 6.29 Å². The Morgan fingerprint density at radius 2 is 1.96 bits per heavy atom. The van der Waals surface area contributed by atoms with Crippen LogP contribution >= 0.6 is 0 Å². The lowest BCUT2D eigenvalue weighted by Crippen LogP contribution is -2.14. The fourth-order valence-corrected chi connectivity index (χ4v) is 2.41. The molecular formula is C18H16N2O3. The van der Waals surface area contributed by atoms with Gasteiger partial charge in [0.05, 0.1) is 12.2 Å². The molecule has 23 heavy (non-hydrogen) atoms. The zero-order valence-corrected chi connectivity index (χ0v) is 12.7. The van der Waals surface area contributed by atoms with Gasteiger partial charge in [-0.2, -0.15) is 5.10 Å². The molecule has 1 aromatic carbocycles. The Labute approximate surface area is 133 Å². The molecule has 0 atom stereocenters. The Morgan fingerprint density at radius 3 is 2.70 bits per heavy atom. The number of ether oxygens (including phenoxy) is 1. The second kappa shape index (κ2) is 6.44. The molecule has 0 saturated carbocycles. The molecule has 0 unspecified atom stereocenters. The first kappa shape index (κ1) is 15.0. The quantitative estimate of drug-likeness (QED) is 0.680. The van der Waals surface area contributed by atoms with Gasteiger partial charge in [0.15, 0.2) is 5.43 Å². The molecule has 0 bridgehead atoms. The molecule has 0 amide bonds. The van der Waals surface area contributed by atoms with Gasteiger partial charge in [-0.15, -0.1) is 0 Å². The summed E-state index contributed by atoms with van der Waals surface area (Å²) in [4.78, 5) is 22.0. The van der Waals surface area contributed by atoms with Gasteiger partial charge in [-0.05, 0) is 49.4 Å². The van der Waals surface area contributed by atoms with E-state index in [1.807, 2.05) is 23.9 Å². The Kier molecular flexibility index (Phi) is 4.19. The van der Waals surface area contributed by atoms with Gasteiger partial charge in [0.1, 0.15) is 18.6 Å². The summed E-state index contributed by atoms with van der Waals surface area (Å²) in [5, 5.41) is 4.45. The highest BCUT2D eigenvalue weighted by atomic mass is 16.5. The van der Waals surface area contributed by atoms with Gasteiger partial charge in [-0.1, -0.05) is 0 Å². The van der Waals surface area contributed by atoms with E-state index in [0.717, 1.165) is 23.1 Å². The highest BCUT2D eigenvalue weighted by Crippen LogP contribution is 2.21. The van der Waals surface area contributed by atoms with E-state index in [1.165, 1.54) is 0 Å². The maximum absolute atomic E-state index is 11.4. The molecule has 3 rings (SSSR count). The number of carbonyl (C=O) groups excluding carboxylic acids is 1. The zero-order chi connectivity index (χ0) is 16.2. The number of fused-ring (bicyclic) bond motifs is 1. The van der Waals surface area contributed by atoms with E-state index in [9.17, 15) is 9.59 Å². The molecule has 1 aliphatic heterocycles. The molecule has 116 valence electrons. The lowest BCUT2D eigenvalue weighted by Gasteiger charge is -2.13. The molecular weight excluding hydrogens is 292 g/mol. The van der Waals surface area contributed by atoms with Gasteiger partial charge in [0.25, 0.3) is 0 Å². The highest BCUT2D eigenvalue weighted by Gasteiger charge is 2.08. The molecule has 1 heterocycles. The van der Waals surface area contributed by atoms with Crippen molar-refractivity contribution in [2.75, 3.05) is 6.61 Å². The summed E-state index contributed by atoms with van der Waals surface area (Å²) in [6.45, 7) is 2.94. The average molecular weight is 308 g/mol. The van der Waals surface area contributed by atoms with Crippen LogP contribution in [0.2, 0.25) is 0 Å². The van der Waals surface area contributed by atoms with Crippen molar-refractivity contribution in [2.45, 2.75) is 13.5 Å². The Balaban J connectivity index is 1.69. The second-order valence-electron chi connectivity index (χ2n) is 5.26. The van der Waals surface area contributed by atoms with Crippen LogP contribution in [0.4, 0.5) is 0 Å². The molecule has 2 aliphatic rings. The van der Waals surface area contributed by atoms with E-state index in [1.54, 1.807) is 36.4 Å². The first-order valence-electron chi connectivity index (χ1n) is 7.32. The van der Waals surface area contributed by atoms with Crippen LogP contribution < -0.4 is 10.2 Å². The van der Waals surface area contributed by atoms with Crippen molar-refractivity contribution in [3.05, 3.63) is 70.1 Å². The molecule has 5 nitrogen and oxygen atoms in total. The number of nitrogens with zero attached hydrogens (tertiary/aromatic N) is 2. The first-order chi connectivity index (χ1) is 11.2. The maximum Gasteiger partial charge on any atom is 0.179 e. The van der Waals surface area contributed by atoms with Gasteiger partial charge in [0, 0.05) is 22.9 Å². The predicted molar refractivity (Wildman–Crippen MR) is 87.2 cm³/mol. The third-order valence-corrected chi connectivity index (χ3v) is 3.59. The fraction of sp³-hybridized carbons (Fsp3) is 0.167. The van der Waals surface area contributed by atoms with E-state index in [4.69, 9.17) is 4.74 Å². The van der Waals surface area contributed by atoms with Gasteiger partial charge in [-0.3, -0.25) is 14.3 Å². The number of carbonyl (C=O) groups is 1. The van der Waals surface area contributed by atoms with Gasteiger partial charge in [0.2, 0.25) is 0 Å². The minimum Gasteiger partial charge on any atom is -0.492 e. The zero-order valence-electron chi connectivity index (χ0n) is 12.7. The lowest BCUT2D eigenvalue weighted by atomic mass is 10.1. The standard InChI is InChI=1S/C18H16N2O3/c1-13-18-10-16(22)5-4-15(18)11-20(19-13)8-9-23-17-6-2-14(12-21)3-7-17/h2-7,10-12H,8-9H2,1H3. The van der Waals surface area contributed by atoms with Crippen LogP contribution in [0, 0.1) is 6.92 Å². The van der Waals surface area contributed by atoms with Crippen molar-refractivity contribution in [1.29, 1.82) is 0 Å². The molecule has 0 saturated heterocycles. The number of rotatable bonds is 5. The first-order valence-corrected chi connectivity index (χ1v) is 7.32. The summed E-state index contributed by atoms with van der Waals surface area (Å²) in [7, 11) is 0. The number of aryl methyl sites for hydroxylation is 1. The van der Waals surface area contributed by atoms with E-state index in [-0.39, 0.29) is 5.43 Å². The summed E-state index contributed by atoms with van der Waals surface area (Å²) in [6, 6.07) is 11.9. The minimum atomic E-state index is -0.0118. The lowest BCUT2D eigenvalue weighted by molar-refractivity contribution is 0.112. The van der Waals surface area contributed by atoms with Crippen LogP contribution in [-0.4, -0.2) is 22.7 Å². The summed E-state index contributed by atoms with van der Waals surface area (Å²) < 4.78 is 7.46. The minimum absolute atomic E-state index is 0.0118. The van der Waals surface area contributed by atoms with Gasteiger partial charge in [-0.25, -0.2) is 0 Å². The molecule has 1 aliphatic carbocycles. The van der Waals surface area contributed by atoms with Crippen molar-refractivity contribution in [3.63, 3.8) is 0 Å². The molecule has 1 aromatic rings. The molecule has 0 fully saturated rings. The van der Waals surface area contributed by atoms with Crippen molar-refractivity contribution < 1.29 is 9.53 Å². The van der Waals surface area contributed by atoms with Gasteiger partial charge < -0.3 is 4.74 Å². The number of aromatic nitrogens is 2. The predicted octanol–water partition coefficient (Wildman–Crippen LogP) is 2.55. The third-order valence-electron chi connectivity index (χ3n) is 3.59. The van der Waals surface area contributed by atoms with Crippen LogP contribution in [0.15, 0.2) is 53.5 Å². The van der Waals surface area contributed by atoms with E-state index < -0.39 is 0 Å². The molecule has 0 aromatic heterocycles. The number of aldehydes is 1. The smallest absolute Gasteiger partial charge is 0.179 e. The van der Waals surface area contributed by atoms with Crippen molar-refractivity contribution in [3.8, 4) is 16.9 Å². The average Bonchev–Trinajstić information content (AvgIpc) is 2.56. The van der Waals surface area contributed by atoms with E-state index in [2.05, 4.69) is 5.10 Å². The summed E-state index contributed by atoms with van der Waals surface area (Å²) >= 11 is 0. The second-order valence-corrected chi connectivity index (χ2v) is 5.26. The summed E-state index contributed by atoms with van der Waals surface area (Å²) in [5.41, 5.74) is 3.28. The maximum atomic E-state index is 11.4. The summed E-state index contributed by atoms with van der Waals surface area (Å²) in [5.74, 6) is 0.713. The largest absolute Gasteiger partial charge is 0.492 e. The van der Waals surface area contributed by atoms with Crippen molar-refractivity contribution in [1.82, 2.24) is 9.78 Å². The van der Waals surface area contributed by atoms with E-state index in [0.29, 0.717) is 24.5 Å². The number of hydrogen-bond acceptors (Lipinski definition) is 4. The molecule has 0 N–H and O–H groups in total. The van der Waals surface area contributed by atoms with Crippen LogP contribution in [0.5, 0.6) is 5.75 Å². The Hall–Kier alpha value is -2.95. The van der Waals surface area contributed by atoms with Crippen molar-refractivity contribution in [2.24, 2.45) is 0 Å². The monoisotopic (exact) mass is 308 g/mol. The fourth-order valence-electron chi connectivity index (χ4n) is 2.41. The van der Waals surface area contributed by atoms with Crippen LogP contribution in [0.25, 0.3) is 11.1 Å². The van der Waals surface area contributed by atoms with Gasteiger partial charge >= 0.3 is 0 Å². The van der Waals surface area contributed by atoms with Crippen LogP contribution in [0.3, 0.4) is 0 Å². The normalized spacial score (nSPS) is 10.7. The number of benzene rings is 2. The third kappa shape index (κ3) is 3.45. The van der Waals surface area contributed by atoms with Crippen LogP contribution in [0.1, 0.15) is 16.1 Å². The SMILES string of the molecule is Cc1nn(CCOc2ccc(C=O)cc2)cc2ccc(=O)cc1-2. The highest BCUT2D eigenvalue weighted by molar-refractivity contribution is 5.74. The summed E-state index contributed by atoms with van der Waals surface area (Å²) in [6.07, 6.45) is 2.70. The topological polar surface area (TPSA) is 61.2 Å². The Bertz CT molecular complexity index is 853. The van der Waals surface area contributed by atoms with Crippen LogP contribution in [-0.2, 0) is 6.54 Å². The number of hydrogen-bond donors (Lipinski definition) is 0. The molecule has 5 heteroatoms. The molecule has 0 radical (unpaired) electrons. The molecule has 0 spiro atoms. The Morgan fingerprint density at radius 1 is 1.17 bits per heavy atom. The van der Waals surface area contributed by atoms with E-state index >= 15 is 0 Å².